The Bertz CT molecular complexity index is 866. The summed E-state index contributed by atoms with van der Waals surface area (Å²) in [5.41, 5.74) is 4.63. The molecule has 0 fully saturated rings. The monoisotopic (exact) mass is 375 g/mol. The molecule has 0 spiro atoms. The molecule has 25 heavy (non-hydrogen) atoms. The topological polar surface area (TPSA) is 56.0 Å². The Balaban J connectivity index is 1.79. The largest absolute Gasteiger partial charge is 0.253 e. The second kappa shape index (κ2) is 7.83. The van der Waals surface area contributed by atoms with E-state index in [1.165, 1.54) is 23.4 Å². The first kappa shape index (κ1) is 18.3. The Morgan fingerprint density at radius 1 is 1.20 bits per heavy atom. The quantitative estimate of drug-likeness (QED) is 0.547. The van der Waals surface area contributed by atoms with Crippen molar-refractivity contribution in [2.24, 2.45) is 0 Å². The lowest BCUT2D eigenvalue weighted by Gasteiger charge is -2.09. The normalized spacial score (nSPS) is 11.8. The van der Waals surface area contributed by atoms with Crippen molar-refractivity contribution < 1.29 is 0 Å². The number of rotatable bonds is 7. The lowest BCUT2D eigenvalue weighted by molar-refractivity contribution is 0.753. The molecule has 0 N–H and O–H groups in total. The van der Waals surface area contributed by atoms with Gasteiger partial charge >= 0.3 is 0 Å². The Kier molecular flexibility index (Phi) is 5.74. The molecule has 0 saturated carbocycles. The highest BCUT2D eigenvalue weighted by molar-refractivity contribution is 7.98. The van der Waals surface area contributed by atoms with E-state index in [-0.39, 0.29) is 0 Å². The van der Waals surface area contributed by atoms with Crippen LogP contribution in [0.2, 0.25) is 0 Å². The SMILES string of the molecule is CCCCc1c(C)nc2nc(SCc3csc(C(C)C)n3)nn2c1C. The minimum absolute atomic E-state index is 0.480. The van der Waals surface area contributed by atoms with E-state index in [1.54, 1.807) is 23.1 Å². The van der Waals surface area contributed by atoms with Gasteiger partial charge < -0.3 is 0 Å². The van der Waals surface area contributed by atoms with Gasteiger partial charge in [-0.05, 0) is 32.3 Å². The zero-order valence-electron chi connectivity index (χ0n) is 15.5. The standard InChI is InChI=1S/C18H25N5S2/c1-6-7-8-15-12(4)19-17-21-18(22-23(17)13(15)5)25-10-14-9-24-16(20-14)11(2)3/h9,11H,6-8,10H2,1-5H3. The summed E-state index contributed by atoms with van der Waals surface area (Å²) in [6.07, 6.45) is 3.41. The Hall–Kier alpha value is -1.47. The van der Waals surface area contributed by atoms with Crippen LogP contribution in [-0.2, 0) is 12.2 Å². The number of aryl methyl sites for hydroxylation is 2. The molecule has 0 unspecified atom stereocenters. The molecule has 0 bridgehead atoms. The Morgan fingerprint density at radius 2 is 2.00 bits per heavy atom. The van der Waals surface area contributed by atoms with Gasteiger partial charge in [0.2, 0.25) is 5.16 Å². The molecule has 3 heterocycles. The fraction of sp³-hybridized carbons (Fsp3) is 0.556. The fourth-order valence-corrected chi connectivity index (χ4v) is 4.41. The Labute approximate surface area is 157 Å². The van der Waals surface area contributed by atoms with Gasteiger partial charge in [-0.3, -0.25) is 0 Å². The van der Waals surface area contributed by atoms with Gasteiger partial charge in [0.15, 0.2) is 0 Å². The molecule has 5 nitrogen and oxygen atoms in total. The molecule has 0 atom stereocenters. The molecule has 0 aromatic carbocycles. The summed E-state index contributed by atoms with van der Waals surface area (Å²) in [4.78, 5) is 13.9. The predicted molar refractivity (Wildman–Crippen MR) is 105 cm³/mol. The van der Waals surface area contributed by atoms with Crippen LogP contribution in [0.5, 0.6) is 0 Å². The lowest BCUT2D eigenvalue weighted by Crippen LogP contribution is -2.05. The summed E-state index contributed by atoms with van der Waals surface area (Å²) in [7, 11) is 0. The van der Waals surface area contributed by atoms with Gasteiger partial charge in [0.1, 0.15) is 0 Å². The van der Waals surface area contributed by atoms with E-state index in [0.717, 1.165) is 34.4 Å². The summed E-state index contributed by atoms with van der Waals surface area (Å²) in [6.45, 7) is 10.7. The average Bonchev–Trinajstić information content (AvgIpc) is 3.19. The van der Waals surface area contributed by atoms with Crippen LogP contribution in [0.15, 0.2) is 10.5 Å². The van der Waals surface area contributed by atoms with Crippen LogP contribution in [0.4, 0.5) is 0 Å². The summed E-state index contributed by atoms with van der Waals surface area (Å²) in [6, 6.07) is 0. The number of thiazole rings is 1. The van der Waals surface area contributed by atoms with Gasteiger partial charge in [-0.15, -0.1) is 16.4 Å². The third kappa shape index (κ3) is 4.03. The molecular weight excluding hydrogens is 350 g/mol. The second-order valence-electron chi connectivity index (χ2n) is 6.59. The van der Waals surface area contributed by atoms with Crippen molar-refractivity contribution in [2.75, 3.05) is 0 Å². The third-order valence-corrected chi connectivity index (χ3v) is 6.29. The van der Waals surface area contributed by atoms with Crippen LogP contribution in [0, 0.1) is 13.8 Å². The maximum Gasteiger partial charge on any atom is 0.253 e. The molecule has 7 heteroatoms. The van der Waals surface area contributed by atoms with Gasteiger partial charge in [-0.2, -0.15) is 4.98 Å². The van der Waals surface area contributed by atoms with Crippen molar-refractivity contribution in [3.05, 3.63) is 33.0 Å². The zero-order valence-corrected chi connectivity index (χ0v) is 17.2. The Morgan fingerprint density at radius 3 is 2.68 bits per heavy atom. The van der Waals surface area contributed by atoms with Gasteiger partial charge in [0.05, 0.1) is 10.7 Å². The molecule has 3 aromatic rings. The zero-order chi connectivity index (χ0) is 18.0. The van der Waals surface area contributed by atoms with E-state index in [4.69, 9.17) is 0 Å². The molecule has 3 rings (SSSR count). The number of nitrogens with zero attached hydrogens (tertiary/aromatic N) is 5. The molecule has 0 aliphatic heterocycles. The highest BCUT2D eigenvalue weighted by atomic mass is 32.2. The van der Waals surface area contributed by atoms with E-state index in [2.05, 4.69) is 60.0 Å². The molecule has 3 aromatic heterocycles. The highest BCUT2D eigenvalue weighted by Gasteiger charge is 2.14. The summed E-state index contributed by atoms with van der Waals surface area (Å²) in [5, 5.41) is 8.75. The molecule has 0 aliphatic carbocycles. The molecule has 0 aliphatic rings. The number of aromatic nitrogens is 5. The van der Waals surface area contributed by atoms with Crippen molar-refractivity contribution >= 4 is 28.9 Å². The maximum atomic E-state index is 4.68. The van der Waals surface area contributed by atoms with Gasteiger partial charge in [0.25, 0.3) is 5.78 Å². The van der Waals surface area contributed by atoms with E-state index in [9.17, 15) is 0 Å². The van der Waals surface area contributed by atoms with Crippen molar-refractivity contribution in [2.45, 2.75) is 70.7 Å². The highest BCUT2D eigenvalue weighted by Crippen LogP contribution is 2.25. The van der Waals surface area contributed by atoms with E-state index in [1.807, 2.05) is 4.52 Å². The first-order valence-electron chi connectivity index (χ1n) is 8.79. The maximum absolute atomic E-state index is 4.68. The fourth-order valence-electron chi connectivity index (χ4n) is 2.76. The molecule has 0 amide bonds. The lowest BCUT2D eigenvalue weighted by atomic mass is 10.1. The third-order valence-electron chi connectivity index (χ3n) is 4.22. The van der Waals surface area contributed by atoms with Gasteiger partial charge in [0, 0.05) is 28.4 Å². The smallest absolute Gasteiger partial charge is 0.245 e. The predicted octanol–water partition coefficient (Wildman–Crippen LogP) is 4.96. The van der Waals surface area contributed by atoms with E-state index in [0.29, 0.717) is 11.7 Å². The van der Waals surface area contributed by atoms with Crippen LogP contribution in [-0.4, -0.2) is 24.6 Å². The average molecular weight is 376 g/mol. The molecule has 0 saturated heterocycles. The van der Waals surface area contributed by atoms with E-state index >= 15 is 0 Å². The van der Waals surface area contributed by atoms with Crippen LogP contribution in [0.1, 0.15) is 67.2 Å². The number of unbranched alkanes of at least 4 members (excludes halogenated alkanes) is 1. The summed E-state index contributed by atoms with van der Waals surface area (Å²) in [5.74, 6) is 1.97. The molecule has 134 valence electrons. The first-order chi connectivity index (χ1) is 12.0. The van der Waals surface area contributed by atoms with Crippen molar-refractivity contribution in [1.29, 1.82) is 0 Å². The minimum atomic E-state index is 0.480. The van der Waals surface area contributed by atoms with Gasteiger partial charge in [-0.25, -0.2) is 14.5 Å². The van der Waals surface area contributed by atoms with Gasteiger partial charge in [-0.1, -0.05) is 39.0 Å². The number of thioether (sulfide) groups is 1. The molecular formula is C18H25N5S2. The number of hydrogen-bond donors (Lipinski definition) is 0. The van der Waals surface area contributed by atoms with Crippen LogP contribution >= 0.6 is 23.1 Å². The summed E-state index contributed by atoms with van der Waals surface area (Å²) < 4.78 is 1.89. The van der Waals surface area contributed by atoms with Crippen LogP contribution in [0.25, 0.3) is 5.78 Å². The minimum Gasteiger partial charge on any atom is -0.245 e. The first-order valence-corrected chi connectivity index (χ1v) is 10.7. The van der Waals surface area contributed by atoms with Crippen molar-refractivity contribution in [3.63, 3.8) is 0 Å². The summed E-state index contributed by atoms with van der Waals surface area (Å²) >= 11 is 3.35. The number of hydrogen-bond acceptors (Lipinski definition) is 6. The molecule has 0 radical (unpaired) electrons. The second-order valence-corrected chi connectivity index (χ2v) is 8.42. The van der Waals surface area contributed by atoms with E-state index < -0.39 is 0 Å². The van der Waals surface area contributed by atoms with Crippen LogP contribution < -0.4 is 0 Å². The number of fused-ring (bicyclic) bond motifs is 1. The van der Waals surface area contributed by atoms with Crippen molar-refractivity contribution in [1.82, 2.24) is 24.6 Å². The van der Waals surface area contributed by atoms with Crippen molar-refractivity contribution in [3.8, 4) is 0 Å². The van der Waals surface area contributed by atoms with Crippen LogP contribution in [0.3, 0.4) is 0 Å².